The molecule has 0 saturated heterocycles. The van der Waals surface area contributed by atoms with E-state index >= 15 is 0 Å². The van der Waals surface area contributed by atoms with Crippen LogP contribution in [0.1, 0.15) is 69.9 Å². The summed E-state index contributed by atoms with van der Waals surface area (Å²) >= 11 is 0. The SMILES string of the molecule is C#C[C@]1(OC(C)=O)CC[C@@H]2[C@@H]3CCc4cc(OC(C)=O)ccc4[C@H]3CC[C@@]21C. The summed E-state index contributed by atoms with van der Waals surface area (Å²) in [4.78, 5) is 23.0. The number of fused-ring (bicyclic) bond motifs is 5. The van der Waals surface area contributed by atoms with Gasteiger partial charge in [0, 0.05) is 19.3 Å². The average Bonchev–Trinajstić information content (AvgIpc) is 2.93. The molecule has 0 spiro atoms. The third-order valence-electron chi connectivity index (χ3n) is 7.63. The second kappa shape index (κ2) is 6.65. The quantitative estimate of drug-likeness (QED) is 0.433. The number of esters is 2. The van der Waals surface area contributed by atoms with E-state index in [1.54, 1.807) is 0 Å². The lowest BCUT2D eigenvalue weighted by atomic mass is 9.53. The lowest BCUT2D eigenvalue weighted by Gasteiger charge is -2.52. The van der Waals surface area contributed by atoms with Crippen LogP contribution in [-0.4, -0.2) is 17.5 Å². The lowest BCUT2D eigenvalue weighted by molar-refractivity contribution is -0.165. The molecule has 0 N–H and O–H groups in total. The number of benzene rings is 1. The molecule has 0 amide bonds. The molecule has 3 aliphatic rings. The molecule has 0 aromatic heterocycles. The van der Waals surface area contributed by atoms with Gasteiger partial charge in [0.15, 0.2) is 5.60 Å². The first-order valence-electron chi connectivity index (χ1n) is 10.3. The maximum atomic E-state index is 11.8. The molecule has 0 bridgehead atoms. The van der Waals surface area contributed by atoms with Gasteiger partial charge in [-0.25, -0.2) is 0 Å². The highest BCUT2D eigenvalue weighted by atomic mass is 16.6. The third-order valence-corrected chi connectivity index (χ3v) is 7.63. The van der Waals surface area contributed by atoms with Crippen LogP contribution < -0.4 is 4.74 Å². The van der Waals surface area contributed by atoms with Crippen LogP contribution in [0.5, 0.6) is 5.75 Å². The molecular formula is C24H28O4. The van der Waals surface area contributed by atoms with Crippen molar-refractivity contribution in [2.75, 3.05) is 0 Å². The third kappa shape index (κ3) is 2.75. The summed E-state index contributed by atoms with van der Waals surface area (Å²) in [7, 11) is 0. The van der Waals surface area contributed by atoms with Gasteiger partial charge in [-0.3, -0.25) is 9.59 Å². The molecule has 1 aromatic rings. The van der Waals surface area contributed by atoms with Crippen molar-refractivity contribution in [3.63, 3.8) is 0 Å². The van der Waals surface area contributed by atoms with Crippen LogP contribution in [0, 0.1) is 29.6 Å². The van der Waals surface area contributed by atoms with Gasteiger partial charge in [0.25, 0.3) is 0 Å². The molecule has 4 heteroatoms. The number of terminal acetylenes is 1. The highest BCUT2D eigenvalue weighted by Crippen LogP contribution is 2.65. The summed E-state index contributed by atoms with van der Waals surface area (Å²) in [6, 6.07) is 6.08. The zero-order valence-corrected chi connectivity index (χ0v) is 16.9. The Morgan fingerprint density at radius 2 is 1.93 bits per heavy atom. The van der Waals surface area contributed by atoms with E-state index in [2.05, 4.69) is 18.9 Å². The molecule has 4 nitrogen and oxygen atoms in total. The Balaban J connectivity index is 1.64. The summed E-state index contributed by atoms with van der Waals surface area (Å²) in [5.41, 5.74) is 1.75. The highest BCUT2D eigenvalue weighted by molar-refractivity contribution is 5.69. The zero-order valence-electron chi connectivity index (χ0n) is 16.9. The van der Waals surface area contributed by atoms with Gasteiger partial charge in [-0.15, -0.1) is 6.42 Å². The van der Waals surface area contributed by atoms with Gasteiger partial charge in [0.1, 0.15) is 5.75 Å². The Bertz CT molecular complexity index is 866. The van der Waals surface area contributed by atoms with Crippen molar-refractivity contribution in [2.45, 2.75) is 70.8 Å². The Kier molecular flexibility index (Phi) is 4.53. The van der Waals surface area contributed by atoms with Crippen molar-refractivity contribution >= 4 is 11.9 Å². The molecule has 148 valence electrons. The van der Waals surface area contributed by atoms with Gasteiger partial charge in [0.2, 0.25) is 0 Å². The standard InChI is InChI=1S/C24H28O4/c1-5-24(28-16(3)26)13-11-22-21-8-6-17-14-18(27-15(2)25)7-9-19(17)20(21)10-12-23(22,24)4/h1,7,9,14,20-22H,6,8,10-13H2,2-4H3/t20-,21-,22-,23+,24+/m1/s1. The topological polar surface area (TPSA) is 52.6 Å². The minimum Gasteiger partial charge on any atom is -0.445 e. The normalized spacial score (nSPS) is 35.7. The molecule has 1 aromatic carbocycles. The fourth-order valence-electron chi connectivity index (χ4n) is 6.47. The first-order chi connectivity index (χ1) is 13.3. The van der Waals surface area contributed by atoms with Gasteiger partial charge in [0.05, 0.1) is 0 Å². The summed E-state index contributed by atoms with van der Waals surface area (Å²) in [6.07, 6.45) is 11.8. The minimum atomic E-state index is -0.770. The number of hydrogen-bond donors (Lipinski definition) is 0. The largest absolute Gasteiger partial charge is 0.445 e. The number of hydrogen-bond acceptors (Lipinski definition) is 4. The molecule has 2 saturated carbocycles. The first kappa shape index (κ1) is 19.1. The first-order valence-corrected chi connectivity index (χ1v) is 10.3. The van der Waals surface area contributed by atoms with Gasteiger partial charge in [-0.05, 0) is 79.5 Å². The van der Waals surface area contributed by atoms with Crippen LogP contribution in [0.15, 0.2) is 18.2 Å². The Hall–Kier alpha value is -2.28. The molecule has 0 heterocycles. The van der Waals surface area contributed by atoms with E-state index in [0.717, 1.165) is 38.5 Å². The van der Waals surface area contributed by atoms with E-state index in [0.29, 0.717) is 23.5 Å². The Labute approximate surface area is 167 Å². The van der Waals surface area contributed by atoms with Crippen molar-refractivity contribution < 1.29 is 19.1 Å². The second-order valence-corrected chi connectivity index (χ2v) is 8.93. The van der Waals surface area contributed by atoms with Gasteiger partial charge < -0.3 is 9.47 Å². The molecule has 0 radical (unpaired) electrons. The monoisotopic (exact) mass is 380 g/mol. The minimum absolute atomic E-state index is 0.163. The molecule has 0 aliphatic heterocycles. The van der Waals surface area contributed by atoms with Crippen LogP contribution >= 0.6 is 0 Å². The summed E-state index contributed by atoms with van der Waals surface area (Å²) in [6.45, 7) is 5.13. The van der Waals surface area contributed by atoms with Crippen LogP contribution in [0.25, 0.3) is 0 Å². The highest BCUT2D eigenvalue weighted by Gasteiger charge is 2.63. The zero-order chi connectivity index (χ0) is 20.1. The van der Waals surface area contributed by atoms with E-state index in [-0.39, 0.29) is 17.4 Å². The second-order valence-electron chi connectivity index (χ2n) is 8.93. The molecule has 5 atom stereocenters. The molecule has 3 aliphatic carbocycles. The summed E-state index contributed by atoms with van der Waals surface area (Å²) in [5, 5.41) is 0. The number of ether oxygens (including phenoxy) is 2. The van der Waals surface area contributed by atoms with Crippen LogP contribution in [0.3, 0.4) is 0 Å². The Morgan fingerprint density at radius 1 is 1.14 bits per heavy atom. The molecule has 2 fully saturated rings. The van der Waals surface area contributed by atoms with E-state index < -0.39 is 5.60 Å². The maximum absolute atomic E-state index is 11.8. The fraction of sp³-hybridized carbons (Fsp3) is 0.583. The number of carbonyl (C=O) groups excluding carboxylic acids is 2. The molecule has 4 rings (SSSR count). The molecule has 0 unspecified atom stereocenters. The maximum Gasteiger partial charge on any atom is 0.308 e. The number of carbonyl (C=O) groups is 2. The van der Waals surface area contributed by atoms with Crippen LogP contribution in [0.4, 0.5) is 0 Å². The van der Waals surface area contributed by atoms with Gasteiger partial charge in [-0.1, -0.05) is 18.9 Å². The van der Waals surface area contributed by atoms with Gasteiger partial charge in [-0.2, -0.15) is 0 Å². The predicted molar refractivity (Wildman–Crippen MR) is 106 cm³/mol. The van der Waals surface area contributed by atoms with E-state index in [4.69, 9.17) is 15.9 Å². The van der Waals surface area contributed by atoms with E-state index in [1.165, 1.54) is 25.0 Å². The summed E-state index contributed by atoms with van der Waals surface area (Å²) < 4.78 is 11.1. The molecular weight excluding hydrogens is 352 g/mol. The van der Waals surface area contributed by atoms with E-state index in [1.807, 2.05) is 12.1 Å². The van der Waals surface area contributed by atoms with Crippen molar-refractivity contribution in [3.8, 4) is 18.1 Å². The van der Waals surface area contributed by atoms with Crippen molar-refractivity contribution in [2.24, 2.45) is 17.3 Å². The van der Waals surface area contributed by atoms with Crippen molar-refractivity contribution in [1.29, 1.82) is 0 Å². The van der Waals surface area contributed by atoms with Crippen molar-refractivity contribution in [1.82, 2.24) is 0 Å². The number of rotatable bonds is 2. The van der Waals surface area contributed by atoms with Crippen LogP contribution in [0.2, 0.25) is 0 Å². The van der Waals surface area contributed by atoms with E-state index in [9.17, 15) is 9.59 Å². The Morgan fingerprint density at radius 3 is 2.61 bits per heavy atom. The fourth-order valence-corrected chi connectivity index (χ4v) is 6.47. The number of aryl methyl sites for hydroxylation is 1. The van der Waals surface area contributed by atoms with Gasteiger partial charge >= 0.3 is 11.9 Å². The predicted octanol–water partition coefficient (Wildman–Crippen LogP) is 4.40. The summed E-state index contributed by atoms with van der Waals surface area (Å²) in [5.74, 6) is 4.47. The molecule has 28 heavy (non-hydrogen) atoms. The lowest BCUT2D eigenvalue weighted by Crippen LogP contribution is -2.52. The van der Waals surface area contributed by atoms with Crippen molar-refractivity contribution in [3.05, 3.63) is 29.3 Å². The smallest absolute Gasteiger partial charge is 0.308 e. The van der Waals surface area contributed by atoms with Crippen LogP contribution in [-0.2, 0) is 20.7 Å². The average molecular weight is 380 g/mol.